The molecular formula is C24H25N3O6S. The number of hydrogen-bond donors (Lipinski definition) is 2. The van der Waals surface area contributed by atoms with Gasteiger partial charge in [0.1, 0.15) is 22.9 Å². The van der Waals surface area contributed by atoms with Gasteiger partial charge < -0.3 is 19.3 Å². The molecule has 1 atom stereocenters. The molecule has 0 bridgehead atoms. The number of nitrogens with one attached hydrogen (secondary N) is 2. The Morgan fingerprint density at radius 2 is 1.68 bits per heavy atom. The zero-order valence-corrected chi connectivity index (χ0v) is 20.0. The number of ether oxygens (including phenoxy) is 2. The van der Waals surface area contributed by atoms with E-state index in [9.17, 15) is 19.5 Å². The van der Waals surface area contributed by atoms with Crippen molar-refractivity contribution in [2.75, 3.05) is 7.11 Å². The molecule has 10 heteroatoms. The van der Waals surface area contributed by atoms with E-state index in [-0.39, 0.29) is 16.3 Å². The van der Waals surface area contributed by atoms with Crippen LogP contribution in [0, 0.1) is 10.1 Å². The quantitative estimate of drug-likeness (QED) is 0.271. The topological polar surface area (TPSA) is 126 Å². The number of hydrogen-bond acceptors (Lipinski definition) is 6. The normalized spacial score (nSPS) is 11.9. The van der Waals surface area contributed by atoms with E-state index in [1.54, 1.807) is 40.0 Å². The van der Waals surface area contributed by atoms with Gasteiger partial charge in [0, 0.05) is 17.2 Å². The molecule has 178 valence electrons. The van der Waals surface area contributed by atoms with Gasteiger partial charge in [0.2, 0.25) is 4.90 Å². The summed E-state index contributed by atoms with van der Waals surface area (Å²) in [4.78, 5) is 22.9. The molecule has 0 spiro atoms. The molecule has 0 aromatic heterocycles. The van der Waals surface area contributed by atoms with Crippen LogP contribution in [0.1, 0.15) is 20.8 Å². The molecule has 3 aromatic carbocycles. The van der Waals surface area contributed by atoms with Crippen LogP contribution in [0.3, 0.4) is 0 Å². The molecule has 2 N–H and O–H groups in total. The monoisotopic (exact) mass is 483 g/mol. The summed E-state index contributed by atoms with van der Waals surface area (Å²) in [6.07, 6.45) is 0. The number of amides is 2. The Labute approximate surface area is 200 Å². The van der Waals surface area contributed by atoms with E-state index in [4.69, 9.17) is 9.47 Å². The Kier molecular flexibility index (Phi) is 7.64. The van der Waals surface area contributed by atoms with Crippen LogP contribution in [0.15, 0.2) is 71.6 Å². The van der Waals surface area contributed by atoms with E-state index >= 15 is 0 Å². The molecular weight excluding hydrogens is 458 g/mol. The first-order valence-electron chi connectivity index (χ1n) is 10.3. The Balaban J connectivity index is 1.96. The lowest BCUT2D eigenvalue weighted by molar-refractivity contribution is -0.385. The van der Waals surface area contributed by atoms with Crippen molar-refractivity contribution in [3.05, 3.63) is 76.8 Å². The van der Waals surface area contributed by atoms with E-state index in [0.29, 0.717) is 11.5 Å². The lowest BCUT2D eigenvalue weighted by atomic mass is 10.0. The standard InChI is InChI=1S/C24H25N3O6S/c1-24(2,3)25-23(28)26-34(31)22-15-17(27(29)30)11-14-21(22)33-20-8-6-5-7-19(20)16-9-12-18(32-4)13-10-16/h5-15H,1-4H3,(H2,25,26,28). The van der Waals surface area contributed by atoms with Crippen molar-refractivity contribution in [2.45, 2.75) is 31.2 Å². The number of nitro groups is 1. The molecule has 0 saturated carbocycles. The van der Waals surface area contributed by atoms with Crippen LogP contribution in [0.2, 0.25) is 0 Å². The molecule has 0 heterocycles. The number of methoxy groups -OCH3 is 1. The largest absolute Gasteiger partial charge is 0.588 e. The summed E-state index contributed by atoms with van der Waals surface area (Å²) in [5.41, 5.74) is 0.757. The smallest absolute Gasteiger partial charge is 0.357 e. The predicted octanol–water partition coefficient (Wildman–Crippen LogP) is 5.18. The lowest BCUT2D eigenvalue weighted by Crippen LogP contribution is -2.48. The summed E-state index contributed by atoms with van der Waals surface area (Å²) in [6, 6.07) is 17.6. The molecule has 1 unspecified atom stereocenters. The van der Waals surface area contributed by atoms with Crippen molar-refractivity contribution in [3.63, 3.8) is 0 Å². The molecule has 3 rings (SSSR count). The third kappa shape index (κ3) is 6.40. The first-order valence-corrected chi connectivity index (χ1v) is 11.4. The second-order valence-electron chi connectivity index (χ2n) is 8.29. The average molecular weight is 484 g/mol. The fourth-order valence-corrected chi connectivity index (χ4v) is 3.88. The van der Waals surface area contributed by atoms with Crippen molar-refractivity contribution in [1.82, 2.24) is 10.0 Å². The third-order valence-corrected chi connectivity index (χ3v) is 5.61. The van der Waals surface area contributed by atoms with Gasteiger partial charge in [-0.05, 0) is 50.6 Å². The maximum absolute atomic E-state index is 13.0. The predicted molar refractivity (Wildman–Crippen MR) is 129 cm³/mol. The zero-order valence-electron chi connectivity index (χ0n) is 19.2. The van der Waals surface area contributed by atoms with Gasteiger partial charge in [-0.3, -0.25) is 10.1 Å². The highest BCUT2D eigenvalue weighted by atomic mass is 32.2. The molecule has 0 aliphatic rings. The van der Waals surface area contributed by atoms with Crippen molar-refractivity contribution >= 4 is 23.1 Å². The number of carbonyl (C=O) groups excluding carboxylic acids is 1. The molecule has 9 nitrogen and oxygen atoms in total. The molecule has 0 aliphatic carbocycles. The van der Waals surface area contributed by atoms with Gasteiger partial charge >= 0.3 is 6.03 Å². The van der Waals surface area contributed by atoms with Crippen LogP contribution in [0.4, 0.5) is 10.5 Å². The highest BCUT2D eigenvalue weighted by molar-refractivity contribution is 7.90. The summed E-state index contributed by atoms with van der Waals surface area (Å²) < 4.78 is 26.6. The van der Waals surface area contributed by atoms with Gasteiger partial charge in [-0.2, -0.15) is 0 Å². The zero-order chi connectivity index (χ0) is 24.9. The van der Waals surface area contributed by atoms with Gasteiger partial charge in [0.25, 0.3) is 5.69 Å². The van der Waals surface area contributed by atoms with Gasteiger partial charge in [-0.1, -0.05) is 30.3 Å². The summed E-state index contributed by atoms with van der Waals surface area (Å²) in [5, 5.41) is 13.9. The van der Waals surface area contributed by atoms with E-state index in [2.05, 4.69) is 10.0 Å². The summed E-state index contributed by atoms with van der Waals surface area (Å²) in [5.74, 6) is 1.26. The van der Waals surface area contributed by atoms with E-state index in [1.807, 2.05) is 36.4 Å². The number of benzene rings is 3. The highest BCUT2D eigenvalue weighted by Crippen LogP contribution is 2.37. The molecule has 0 radical (unpaired) electrons. The van der Waals surface area contributed by atoms with Crippen LogP contribution in [-0.2, 0) is 11.4 Å². The van der Waals surface area contributed by atoms with Gasteiger partial charge in [0.05, 0.1) is 18.1 Å². The Morgan fingerprint density at radius 1 is 1.00 bits per heavy atom. The molecule has 0 saturated heterocycles. The van der Waals surface area contributed by atoms with Crippen LogP contribution in [-0.4, -0.2) is 28.2 Å². The minimum absolute atomic E-state index is 0.0391. The molecule has 0 fully saturated rings. The van der Waals surface area contributed by atoms with Gasteiger partial charge in [-0.15, -0.1) is 4.72 Å². The second-order valence-corrected chi connectivity index (χ2v) is 9.47. The molecule has 2 amide bonds. The highest BCUT2D eigenvalue weighted by Gasteiger charge is 2.27. The van der Waals surface area contributed by atoms with Crippen molar-refractivity contribution in [1.29, 1.82) is 0 Å². The fraction of sp³-hybridized carbons (Fsp3) is 0.208. The number of nitro benzene ring substituents is 1. The van der Waals surface area contributed by atoms with Crippen LogP contribution < -0.4 is 19.5 Å². The maximum atomic E-state index is 13.0. The average Bonchev–Trinajstić information content (AvgIpc) is 2.78. The molecule has 0 aliphatic heterocycles. The van der Waals surface area contributed by atoms with Gasteiger partial charge in [0.15, 0.2) is 5.75 Å². The number of nitrogens with zero attached hydrogens (tertiary/aromatic N) is 1. The van der Waals surface area contributed by atoms with Crippen molar-refractivity contribution in [3.8, 4) is 28.4 Å². The van der Waals surface area contributed by atoms with Crippen LogP contribution in [0.25, 0.3) is 11.1 Å². The number of urea groups is 1. The minimum atomic E-state index is -2.12. The Bertz CT molecular complexity index is 1180. The number of carbonyl (C=O) groups is 1. The Hall–Kier alpha value is -3.76. The first-order chi connectivity index (χ1) is 16.1. The summed E-state index contributed by atoms with van der Waals surface area (Å²) in [6.45, 7) is 5.31. The lowest BCUT2D eigenvalue weighted by Gasteiger charge is -2.21. The number of non-ortho nitro benzene ring substituents is 1. The maximum Gasteiger partial charge on any atom is 0.357 e. The summed E-state index contributed by atoms with van der Waals surface area (Å²) >= 11 is -2.12. The van der Waals surface area contributed by atoms with E-state index in [1.165, 1.54) is 12.1 Å². The van der Waals surface area contributed by atoms with Crippen molar-refractivity contribution in [2.24, 2.45) is 0 Å². The second kappa shape index (κ2) is 10.4. The van der Waals surface area contributed by atoms with Crippen LogP contribution in [0.5, 0.6) is 17.2 Å². The first kappa shape index (κ1) is 24.9. The number of para-hydroxylation sites is 1. The molecule has 34 heavy (non-hydrogen) atoms. The summed E-state index contributed by atoms with van der Waals surface area (Å²) in [7, 11) is 1.58. The van der Waals surface area contributed by atoms with Gasteiger partial charge in [-0.25, -0.2) is 4.79 Å². The molecule has 3 aromatic rings. The van der Waals surface area contributed by atoms with Crippen molar-refractivity contribution < 1.29 is 23.7 Å². The SMILES string of the molecule is COc1ccc(-c2ccccc2Oc2ccc([N+](=O)[O-])cc2[S+]([O-])NC(=O)NC(C)(C)C)cc1. The van der Waals surface area contributed by atoms with E-state index in [0.717, 1.165) is 17.2 Å². The fourth-order valence-electron chi connectivity index (χ4n) is 3.03. The Morgan fingerprint density at radius 3 is 2.29 bits per heavy atom. The third-order valence-electron chi connectivity index (χ3n) is 4.52. The minimum Gasteiger partial charge on any atom is -0.588 e. The van der Waals surface area contributed by atoms with E-state index < -0.39 is 27.9 Å². The van der Waals surface area contributed by atoms with Crippen LogP contribution >= 0.6 is 0 Å². The number of rotatable bonds is 7.